The third kappa shape index (κ3) is 4.05. The fraction of sp³-hybridized carbons (Fsp3) is 0.355. The lowest BCUT2D eigenvalue weighted by atomic mass is 9.63. The number of aromatic carboxylic acids is 1. The van der Waals surface area contributed by atoms with Gasteiger partial charge in [0.05, 0.1) is 13.1 Å². The van der Waals surface area contributed by atoms with Gasteiger partial charge in [0.25, 0.3) is 5.92 Å². The summed E-state index contributed by atoms with van der Waals surface area (Å²) in [4.78, 5) is 13.7. The molecule has 2 aromatic rings. The van der Waals surface area contributed by atoms with E-state index >= 15 is 8.78 Å². The maximum absolute atomic E-state index is 15.9. The Morgan fingerprint density at radius 3 is 2.22 bits per heavy atom. The number of hydrogen-bond acceptors (Lipinski definition) is 2. The number of rotatable bonds is 3. The molecule has 0 atom stereocenters. The molecule has 2 heterocycles. The summed E-state index contributed by atoms with van der Waals surface area (Å²) in [6, 6.07) is 4.87. The average molecular weight is 574 g/mol. The minimum Gasteiger partial charge on any atom is -0.478 e. The van der Waals surface area contributed by atoms with E-state index in [-0.39, 0.29) is 18.7 Å². The molecule has 6 rings (SSSR count). The lowest BCUT2D eigenvalue weighted by Crippen LogP contribution is -2.56. The largest absolute Gasteiger partial charge is 0.478 e. The van der Waals surface area contributed by atoms with Gasteiger partial charge in [-0.1, -0.05) is 19.9 Å². The van der Waals surface area contributed by atoms with Crippen molar-refractivity contribution in [3.8, 4) is 0 Å². The standard InChI is InChI=1S/C31H26F6N2O2/c1-15-25(32)23(24(28(40)41)27(34)26(15)33)22-18-7-5-16(38-11-30(4,35)12-38)9-20(18)29(2,3)21-10-17(6-8-19(21)22)39-13-31(36,37)14-39/h5-10H,11-14H2,1-4H3/p+1. The molecular weight excluding hydrogens is 546 g/mol. The van der Waals surface area contributed by atoms with Gasteiger partial charge >= 0.3 is 5.97 Å². The van der Waals surface area contributed by atoms with E-state index < -0.39 is 70.2 Å². The SMILES string of the molecule is Cc1c(F)c(F)c(C(=O)O)c(C2=C3C=CC(=[N+]4CC(C)(F)C4)C=C3C(C)(C)c3cc(N4CC(F)(F)C4)ccc32)c1F. The van der Waals surface area contributed by atoms with Gasteiger partial charge in [-0.25, -0.2) is 35.7 Å². The molecule has 41 heavy (non-hydrogen) atoms. The lowest BCUT2D eigenvalue weighted by molar-refractivity contribution is -0.619. The molecule has 1 N–H and O–H groups in total. The summed E-state index contributed by atoms with van der Waals surface area (Å²) < 4.78 is 89.2. The predicted octanol–water partition coefficient (Wildman–Crippen LogP) is 6.35. The van der Waals surface area contributed by atoms with E-state index in [2.05, 4.69) is 0 Å². The third-order valence-corrected chi connectivity index (χ3v) is 8.51. The topological polar surface area (TPSA) is 43.5 Å². The predicted molar refractivity (Wildman–Crippen MR) is 142 cm³/mol. The number of carbonyl (C=O) groups is 1. The molecule has 214 valence electrons. The second kappa shape index (κ2) is 8.59. The summed E-state index contributed by atoms with van der Waals surface area (Å²) >= 11 is 0. The van der Waals surface area contributed by atoms with Crippen LogP contribution < -0.4 is 4.90 Å². The summed E-state index contributed by atoms with van der Waals surface area (Å²) in [7, 11) is 0. The molecular formula is C31H27F6N2O2+. The highest BCUT2D eigenvalue weighted by Gasteiger charge is 2.48. The van der Waals surface area contributed by atoms with E-state index in [1.807, 2.05) is 24.5 Å². The Kier molecular flexibility index (Phi) is 5.73. The van der Waals surface area contributed by atoms with Crippen LogP contribution in [0.25, 0.3) is 5.57 Å². The fourth-order valence-corrected chi connectivity index (χ4v) is 6.33. The van der Waals surface area contributed by atoms with Gasteiger partial charge in [0, 0.05) is 40.0 Å². The Hall–Kier alpha value is -3.82. The van der Waals surface area contributed by atoms with Gasteiger partial charge in [0.15, 0.2) is 30.4 Å². The molecule has 2 aromatic carbocycles. The zero-order chi connectivity index (χ0) is 29.8. The maximum Gasteiger partial charge on any atom is 0.339 e. The van der Waals surface area contributed by atoms with Crippen molar-refractivity contribution in [1.82, 2.24) is 0 Å². The molecule has 2 fully saturated rings. The summed E-state index contributed by atoms with van der Waals surface area (Å²) in [5, 5.41) is 9.92. The Morgan fingerprint density at radius 1 is 0.976 bits per heavy atom. The second-order valence-electron chi connectivity index (χ2n) is 12.1. The smallest absolute Gasteiger partial charge is 0.339 e. The Morgan fingerprint density at radius 2 is 1.63 bits per heavy atom. The van der Waals surface area contributed by atoms with Crippen molar-refractivity contribution in [2.24, 2.45) is 0 Å². The van der Waals surface area contributed by atoms with E-state index in [4.69, 9.17) is 0 Å². The number of anilines is 1. The molecule has 0 amide bonds. The first-order chi connectivity index (χ1) is 19.0. The van der Waals surface area contributed by atoms with Crippen molar-refractivity contribution in [2.45, 2.75) is 44.7 Å². The molecule has 0 bridgehead atoms. The van der Waals surface area contributed by atoms with Crippen molar-refractivity contribution in [3.05, 3.63) is 92.8 Å². The maximum atomic E-state index is 15.9. The molecule has 0 radical (unpaired) electrons. The molecule has 2 saturated heterocycles. The first-order valence-electron chi connectivity index (χ1n) is 13.2. The molecule has 2 aliphatic heterocycles. The van der Waals surface area contributed by atoms with E-state index in [1.54, 1.807) is 30.4 Å². The zero-order valence-corrected chi connectivity index (χ0v) is 22.8. The van der Waals surface area contributed by atoms with Crippen LogP contribution in [0.4, 0.5) is 32.0 Å². The number of alkyl halides is 3. The zero-order valence-electron chi connectivity index (χ0n) is 22.8. The summed E-state index contributed by atoms with van der Waals surface area (Å²) in [6.45, 7) is 5.68. The quantitative estimate of drug-likeness (QED) is 0.265. The highest BCUT2D eigenvalue weighted by Crippen LogP contribution is 2.52. The molecule has 0 aromatic heterocycles. The van der Waals surface area contributed by atoms with Gasteiger partial charge < -0.3 is 10.0 Å². The molecule has 10 heteroatoms. The molecule has 0 spiro atoms. The van der Waals surface area contributed by atoms with Crippen LogP contribution in [0.15, 0.2) is 47.6 Å². The van der Waals surface area contributed by atoms with Crippen LogP contribution in [0.3, 0.4) is 0 Å². The van der Waals surface area contributed by atoms with Gasteiger partial charge in [-0.15, -0.1) is 0 Å². The Bertz CT molecular complexity index is 1680. The Labute approximate surface area is 232 Å². The number of fused-ring (bicyclic) bond motifs is 2. The van der Waals surface area contributed by atoms with Gasteiger partial charge in [-0.3, -0.25) is 0 Å². The molecule has 2 aliphatic carbocycles. The van der Waals surface area contributed by atoms with Crippen LogP contribution in [0.1, 0.15) is 53.4 Å². The number of allylic oxidation sites excluding steroid dienone is 5. The minimum atomic E-state index is -2.82. The van der Waals surface area contributed by atoms with Crippen molar-refractivity contribution in [3.63, 3.8) is 0 Å². The van der Waals surface area contributed by atoms with Gasteiger partial charge in [-0.05, 0) is 54.3 Å². The Balaban J connectivity index is 1.66. The van der Waals surface area contributed by atoms with Crippen molar-refractivity contribution < 1.29 is 40.8 Å². The van der Waals surface area contributed by atoms with Crippen molar-refractivity contribution >= 4 is 22.9 Å². The highest BCUT2D eigenvalue weighted by molar-refractivity contribution is 6.08. The minimum absolute atomic E-state index is 0.0530. The van der Waals surface area contributed by atoms with Crippen molar-refractivity contribution in [1.29, 1.82) is 0 Å². The lowest BCUT2D eigenvalue weighted by Gasteiger charge is -2.43. The van der Waals surface area contributed by atoms with Crippen LogP contribution in [0.5, 0.6) is 0 Å². The van der Waals surface area contributed by atoms with E-state index in [0.29, 0.717) is 33.7 Å². The molecule has 0 unspecified atom stereocenters. The number of carboxylic acid groups (broad SMARTS) is 1. The molecule has 0 saturated carbocycles. The van der Waals surface area contributed by atoms with E-state index in [9.17, 15) is 27.5 Å². The van der Waals surface area contributed by atoms with Crippen molar-refractivity contribution in [2.75, 3.05) is 31.1 Å². The number of carboxylic acids is 1. The van der Waals surface area contributed by atoms with Crippen LogP contribution in [0, 0.1) is 24.4 Å². The molecule has 4 nitrogen and oxygen atoms in total. The summed E-state index contributed by atoms with van der Waals surface area (Å²) in [5.74, 6) is -9.13. The summed E-state index contributed by atoms with van der Waals surface area (Å²) in [5.41, 5.74) is -1.35. The third-order valence-electron chi connectivity index (χ3n) is 8.51. The first-order valence-corrected chi connectivity index (χ1v) is 13.2. The van der Waals surface area contributed by atoms with Crippen LogP contribution in [0.2, 0.25) is 0 Å². The first kappa shape index (κ1) is 27.4. The second-order valence-corrected chi connectivity index (χ2v) is 12.1. The normalized spacial score (nSPS) is 24.0. The monoisotopic (exact) mass is 573 g/mol. The van der Waals surface area contributed by atoms with Gasteiger partial charge in [0.1, 0.15) is 11.4 Å². The van der Waals surface area contributed by atoms with E-state index in [1.165, 1.54) is 11.8 Å². The molecule has 4 aliphatic rings. The van der Waals surface area contributed by atoms with E-state index in [0.717, 1.165) is 6.92 Å². The van der Waals surface area contributed by atoms with Crippen LogP contribution in [-0.2, 0) is 5.41 Å². The fourth-order valence-electron chi connectivity index (χ4n) is 6.33. The van der Waals surface area contributed by atoms with Crippen LogP contribution in [-0.4, -0.2) is 59.1 Å². The number of hydrogen-bond donors (Lipinski definition) is 1. The average Bonchev–Trinajstić information content (AvgIpc) is 2.87. The number of halogens is 6. The summed E-state index contributed by atoms with van der Waals surface area (Å²) in [6.07, 6.45) is 5.17. The highest BCUT2D eigenvalue weighted by atomic mass is 19.3. The number of benzene rings is 2. The van der Waals surface area contributed by atoms with Crippen LogP contribution >= 0.6 is 0 Å². The van der Waals surface area contributed by atoms with Gasteiger partial charge in [-0.2, -0.15) is 0 Å². The number of nitrogens with zero attached hydrogens (tertiary/aromatic N) is 2. The van der Waals surface area contributed by atoms with Gasteiger partial charge in [0.2, 0.25) is 5.67 Å².